The van der Waals surface area contributed by atoms with Gasteiger partial charge in [-0.25, -0.2) is 4.39 Å². The summed E-state index contributed by atoms with van der Waals surface area (Å²) in [6.45, 7) is 2.41. The predicted octanol–water partition coefficient (Wildman–Crippen LogP) is 3.05. The first-order valence-corrected chi connectivity index (χ1v) is 7.82. The number of aromatic nitrogens is 2. The lowest BCUT2D eigenvalue weighted by Gasteiger charge is -2.04. The molecule has 0 bridgehead atoms. The molecule has 0 spiro atoms. The molecule has 3 rings (SSSR count). The molecule has 1 amide bonds. The Balaban J connectivity index is 1.65. The molecule has 0 saturated heterocycles. The molecule has 0 aliphatic carbocycles. The monoisotopic (exact) mass is 317 g/mol. The number of thiophene rings is 1. The van der Waals surface area contributed by atoms with Crippen molar-refractivity contribution >= 4 is 27.5 Å². The molecule has 2 aromatic heterocycles. The van der Waals surface area contributed by atoms with E-state index in [0.29, 0.717) is 17.8 Å². The fraction of sp³-hybridized carbons (Fsp3) is 0.250. The third-order valence-electron chi connectivity index (χ3n) is 3.51. The molecule has 0 aliphatic rings. The number of aryl methyl sites for hydroxylation is 2. The molecule has 1 N–H and O–H groups in total. The van der Waals surface area contributed by atoms with Crippen molar-refractivity contribution in [2.75, 3.05) is 6.54 Å². The van der Waals surface area contributed by atoms with Crippen molar-refractivity contribution in [1.29, 1.82) is 0 Å². The maximum Gasteiger partial charge on any atom is 0.261 e. The second-order valence-corrected chi connectivity index (χ2v) is 6.20. The van der Waals surface area contributed by atoms with E-state index < -0.39 is 0 Å². The van der Waals surface area contributed by atoms with Crippen LogP contribution in [-0.4, -0.2) is 22.2 Å². The van der Waals surface area contributed by atoms with E-state index in [2.05, 4.69) is 10.4 Å². The number of hydrogen-bond acceptors (Lipinski definition) is 3. The van der Waals surface area contributed by atoms with Crippen molar-refractivity contribution in [3.8, 4) is 0 Å². The van der Waals surface area contributed by atoms with E-state index in [1.165, 1.54) is 23.5 Å². The summed E-state index contributed by atoms with van der Waals surface area (Å²) in [4.78, 5) is 13.9. The van der Waals surface area contributed by atoms with Crippen LogP contribution >= 0.6 is 11.3 Å². The summed E-state index contributed by atoms with van der Waals surface area (Å²) in [5.74, 6) is -0.353. The van der Waals surface area contributed by atoms with Gasteiger partial charge in [-0.3, -0.25) is 9.48 Å². The van der Waals surface area contributed by atoms with E-state index >= 15 is 0 Å². The van der Waals surface area contributed by atoms with Crippen LogP contribution in [0.1, 0.15) is 20.9 Å². The Bertz CT molecular complexity index is 803. The molecule has 114 valence electrons. The van der Waals surface area contributed by atoms with E-state index in [0.717, 1.165) is 21.5 Å². The van der Waals surface area contributed by atoms with E-state index in [1.807, 2.05) is 26.1 Å². The zero-order valence-corrected chi connectivity index (χ0v) is 13.2. The van der Waals surface area contributed by atoms with Gasteiger partial charge in [-0.05, 0) is 37.1 Å². The molecule has 1 aromatic carbocycles. The average Bonchev–Trinajstić information content (AvgIpc) is 3.02. The van der Waals surface area contributed by atoms with E-state index in [9.17, 15) is 9.18 Å². The fourth-order valence-electron chi connectivity index (χ4n) is 2.42. The summed E-state index contributed by atoms with van der Waals surface area (Å²) in [5.41, 5.74) is 1.80. The molecular formula is C16H16FN3OS. The third kappa shape index (κ3) is 2.87. The Hall–Kier alpha value is -2.21. The van der Waals surface area contributed by atoms with Gasteiger partial charge in [-0.15, -0.1) is 11.3 Å². The maximum absolute atomic E-state index is 13.1. The standard InChI is InChI=1S/C16H16FN3OS/c1-10-13-9-14(22-16(13)20(2)19-10)15(21)18-7-6-11-4-3-5-12(17)8-11/h3-5,8-9H,6-7H2,1-2H3,(H,18,21). The first-order chi connectivity index (χ1) is 10.5. The minimum absolute atomic E-state index is 0.1000. The number of halogens is 1. The molecule has 6 heteroatoms. The van der Waals surface area contributed by atoms with Crippen LogP contribution in [0.2, 0.25) is 0 Å². The first-order valence-electron chi connectivity index (χ1n) is 7.00. The summed E-state index contributed by atoms with van der Waals surface area (Å²) in [6, 6.07) is 8.30. The number of hydrogen-bond donors (Lipinski definition) is 1. The Morgan fingerprint density at radius 3 is 2.95 bits per heavy atom. The van der Waals surface area contributed by atoms with Crippen LogP contribution in [0.4, 0.5) is 4.39 Å². The van der Waals surface area contributed by atoms with Crippen molar-refractivity contribution in [2.45, 2.75) is 13.3 Å². The van der Waals surface area contributed by atoms with Gasteiger partial charge in [0.15, 0.2) is 0 Å². The van der Waals surface area contributed by atoms with Gasteiger partial charge in [0.1, 0.15) is 10.6 Å². The highest BCUT2D eigenvalue weighted by Gasteiger charge is 2.14. The zero-order chi connectivity index (χ0) is 15.7. The molecule has 0 unspecified atom stereocenters. The van der Waals surface area contributed by atoms with Gasteiger partial charge in [-0.2, -0.15) is 5.10 Å². The molecule has 2 heterocycles. The van der Waals surface area contributed by atoms with Crippen molar-refractivity contribution in [2.24, 2.45) is 7.05 Å². The second-order valence-electron chi connectivity index (χ2n) is 5.17. The van der Waals surface area contributed by atoms with Crippen LogP contribution in [0.5, 0.6) is 0 Å². The highest BCUT2D eigenvalue weighted by Crippen LogP contribution is 2.27. The van der Waals surface area contributed by atoms with Crippen molar-refractivity contribution in [1.82, 2.24) is 15.1 Å². The Labute approximate surface area is 131 Å². The quantitative estimate of drug-likeness (QED) is 0.804. The lowest BCUT2D eigenvalue weighted by Crippen LogP contribution is -2.24. The van der Waals surface area contributed by atoms with Crippen LogP contribution < -0.4 is 5.32 Å². The predicted molar refractivity (Wildman–Crippen MR) is 85.8 cm³/mol. The number of carbonyl (C=O) groups excluding carboxylic acids is 1. The Morgan fingerprint density at radius 2 is 2.23 bits per heavy atom. The van der Waals surface area contributed by atoms with Crippen molar-refractivity contribution in [3.05, 3.63) is 52.3 Å². The molecule has 0 aliphatic heterocycles. The molecule has 0 fully saturated rings. The highest BCUT2D eigenvalue weighted by atomic mass is 32.1. The van der Waals surface area contributed by atoms with E-state index in [1.54, 1.807) is 10.7 Å². The summed E-state index contributed by atoms with van der Waals surface area (Å²) in [5, 5.41) is 8.21. The maximum atomic E-state index is 13.1. The molecule has 22 heavy (non-hydrogen) atoms. The van der Waals surface area contributed by atoms with Crippen LogP contribution in [-0.2, 0) is 13.5 Å². The van der Waals surface area contributed by atoms with E-state index in [-0.39, 0.29) is 11.7 Å². The van der Waals surface area contributed by atoms with Crippen LogP contribution in [0.25, 0.3) is 10.2 Å². The number of benzene rings is 1. The Kier molecular flexibility index (Phi) is 3.94. The SMILES string of the molecule is Cc1nn(C)c2sc(C(=O)NCCc3cccc(F)c3)cc12. The summed E-state index contributed by atoms with van der Waals surface area (Å²) in [7, 11) is 1.87. The van der Waals surface area contributed by atoms with Crippen LogP contribution in [0.15, 0.2) is 30.3 Å². The number of carbonyl (C=O) groups is 1. The largest absolute Gasteiger partial charge is 0.351 e. The topological polar surface area (TPSA) is 46.9 Å². The summed E-state index contributed by atoms with van der Waals surface area (Å²) < 4.78 is 14.9. The molecule has 0 atom stereocenters. The van der Waals surface area contributed by atoms with Crippen LogP contribution in [0.3, 0.4) is 0 Å². The van der Waals surface area contributed by atoms with Crippen molar-refractivity contribution < 1.29 is 9.18 Å². The minimum Gasteiger partial charge on any atom is -0.351 e. The normalized spacial score (nSPS) is 11.0. The molecule has 3 aromatic rings. The van der Waals surface area contributed by atoms with Gasteiger partial charge in [0.25, 0.3) is 5.91 Å². The van der Waals surface area contributed by atoms with E-state index in [4.69, 9.17) is 0 Å². The number of nitrogens with one attached hydrogen (secondary N) is 1. The average molecular weight is 317 g/mol. The van der Waals surface area contributed by atoms with Gasteiger partial charge in [0.2, 0.25) is 0 Å². The fourth-order valence-corrected chi connectivity index (χ4v) is 3.46. The molecule has 0 saturated carbocycles. The van der Waals surface area contributed by atoms with Crippen LogP contribution in [0, 0.1) is 12.7 Å². The van der Waals surface area contributed by atoms with Gasteiger partial charge < -0.3 is 5.32 Å². The van der Waals surface area contributed by atoms with Gasteiger partial charge in [-0.1, -0.05) is 12.1 Å². The number of amides is 1. The van der Waals surface area contributed by atoms with Gasteiger partial charge in [0, 0.05) is 19.0 Å². The first kappa shape index (κ1) is 14.7. The lowest BCUT2D eigenvalue weighted by molar-refractivity contribution is 0.0958. The third-order valence-corrected chi connectivity index (χ3v) is 4.71. The number of rotatable bonds is 4. The minimum atomic E-state index is -0.253. The number of fused-ring (bicyclic) bond motifs is 1. The van der Waals surface area contributed by atoms with Crippen molar-refractivity contribution in [3.63, 3.8) is 0 Å². The summed E-state index contributed by atoms with van der Waals surface area (Å²) >= 11 is 1.43. The molecular weight excluding hydrogens is 301 g/mol. The summed E-state index contributed by atoms with van der Waals surface area (Å²) in [6.07, 6.45) is 0.606. The smallest absolute Gasteiger partial charge is 0.261 e. The highest BCUT2D eigenvalue weighted by molar-refractivity contribution is 7.20. The number of nitrogens with zero attached hydrogens (tertiary/aromatic N) is 2. The second kappa shape index (κ2) is 5.88. The molecule has 4 nitrogen and oxygen atoms in total. The van der Waals surface area contributed by atoms with Gasteiger partial charge in [0.05, 0.1) is 10.6 Å². The zero-order valence-electron chi connectivity index (χ0n) is 12.4. The lowest BCUT2D eigenvalue weighted by atomic mass is 10.1. The molecule has 0 radical (unpaired) electrons. The van der Waals surface area contributed by atoms with Gasteiger partial charge >= 0.3 is 0 Å². The Morgan fingerprint density at radius 1 is 1.41 bits per heavy atom.